The van der Waals surface area contributed by atoms with Gasteiger partial charge in [-0.15, -0.1) is 0 Å². The van der Waals surface area contributed by atoms with Gasteiger partial charge in [0, 0.05) is 12.1 Å². The highest BCUT2D eigenvalue weighted by Crippen LogP contribution is 2.28. The SMILES string of the molecule is CCNCc1ccc(OCc2cccc(F)c2Br)c(Cl)c1. The molecule has 2 aromatic rings. The molecule has 21 heavy (non-hydrogen) atoms. The van der Waals surface area contributed by atoms with E-state index in [1.807, 2.05) is 18.2 Å². The fraction of sp³-hybridized carbons (Fsp3) is 0.250. The van der Waals surface area contributed by atoms with E-state index in [1.165, 1.54) is 6.07 Å². The molecule has 0 saturated heterocycles. The molecule has 0 radical (unpaired) electrons. The minimum absolute atomic E-state index is 0.255. The van der Waals surface area contributed by atoms with Gasteiger partial charge in [-0.25, -0.2) is 4.39 Å². The second-order valence-electron chi connectivity index (χ2n) is 4.55. The Balaban J connectivity index is 2.04. The quantitative estimate of drug-likeness (QED) is 0.776. The van der Waals surface area contributed by atoms with E-state index < -0.39 is 0 Å². The van der Waals surface area contributed by atoms with Crippen LogP contribution in [-0.2, 0) is 13.2 Å². The van der Waals surface area contributed by atoms with E-state index in [2.05, 4.69) is 28.2 Å². The Morgan fingerprint density at radius 3 is 2.81 bits per heavy atom. The first-order valence-electron chi connectivity index (χ1n) is 6.66. The molecule has 2 nitrogen and oxygen atoms in total. The number of nitrogens with one attached hydrogen (secondary N) is 1. The summed E-state index contributed by atoms with van der Waals surface area (Å²) in [6.07, 6.45) is 0. The first-order valence-corrected chi connectivity index (χ1v) is 7.83. The predicted molar refractivity (Wildman–Crippen MR) is 87.3 cm³/mol. The maximum absolute atomic E-state index is 13.4. The highest BCUT2D eigenvalue weighted by atomic mass is 79.9. The Kier molecular flexibility index (Phi) is 6.03. The van der Waals surface area contributed by atoms with Crippen LogP contribution in [0.3, 0.4) is 0 Å². The van der Waals surface area contributed by atoms with Crippen molar-refractivity contribution in [1.29, 1.82) is 0 Å². The largest absolute Gasteiger partial charge is 0.487 e. The Labute approximate surface area is 137 Å². The van der Waals surface area contributed by atoms with Gasteiger partial charge >= 0.3 is 0 Å². The smallest absolute Gasteiger partial charge is 0.138 e. The molecule has 0 saturated carbocycles. The zero-order valence-corrected chi connectivity index (χ0v) is 14.0. The molecular weight excluding hydrogens is 357 g/mol. The van der Waals surface area contributed by atoms with Gasteiger partial charge in [0.2, 0.25) is 0 Å². The fourth-order valence-corrected chi connectivity index (χ4v) is 2.49. The zero-order valence-electron chi connectivity index (χ0n) is 11.6. The van der Waals surface area contributed by atoms with Crippen molar-refractivity contribution in [2.24, 2.45) is 0 Å². The van der Waals surface area contributed by atoms with Crippen LogP contribution in [0.15, 0.2) is 40.9 Å². The van der Waals surface area contributed by atoms with Crippen LogP contribution < -0.4 is 10.1 Å². The van der Waals surface area contributed by atoms with Gasteiger partial charge in [0.1, 0.15) is 18.2 Å². The second kappa shape index (κ2) is 7.78. The molecule has 0 spiro atoms. The Bertz CT molecular complexity index is 621. The molecule has 0 bridgehead atoms. The van der Waals surface area contributed by atoms with Crippen LogP contribution in [0.2, 0.25) is 5.02 Å². The maximum Gasteiger partial charge on any atom is 0.138 e. The number of halogens is 3. The zero-order chi connectivity index (χ0) is 15.2. The van der Waals surface area contributed by atoms with Gasteiger partial charge in [0.05, 0.1) is 9.50 Å². The van der Waals surface area contributed by atoms with Crippen molar-refractivity contribution in [3.05, 3.63) is 62.8 Å². The molecule has 0 heterocycles. The lowest BCUT2D eigenvalue weighted by molar-refractivity contribution is 0.305. The number of rotatable bonds is 6. The number of benzene rings is 2. The van der Waals surface area contributed by atoms with Crippen molar-refractivity contribution in [2.75, 3.05) is 6.54 Å². The molecule has 0 amide bonds. The third-order valence-corrected chi connectivity index (χ3v) is 4.17. The molecule has 0 aliphatic carbocycles. The lowest BCUT2D eigenvalue weighted by atomic mass is 10.2. The summed E-state index contributed by atoms with van der Waals surface area (Å²) in [4.78, 5) is 0. The van der Waals surface area contributed by atoms with Crippen molar-refractivity contribution in [3.63, 3.8) is 0 Å². The van der Waals surface area contributed by atoms with Crippen molar-refractivity contribution < 1.29 is 9.13 Å². The lowest BCUT2D eigenvalue weighted by Gasteiger charge is -2.11. The highest BCUT2D eigenvalue weighted by molar-refractivity contribution is 9.10. The fourth-order valence-electron chi connectivity index (χ4n) is 1.86. The van der Waals surface area contributed by atoms with E-state index in [1.54, 1.807) is 12.1 Å². The summed E-state index contributed by atoms with van der Waals surface area (Å²) in [7, 11) is 0. The highest BCUT2D eigenvalue weighted by Gasteiger charge is 2.08. The van der Waals surface area contributed by atoms with Crippen molar-refractivity contribution in [1.82, 2.24) is 5.32 Å². The molecule has 2 rings (SSSR count). The third-order valence-electron chi connectivity index (χ3n) is 2.99. The van der Waals surface area contributed by atoms with Gasteiger partial charge in [-0.1, -0.05) is 36.7 Å². The summed E-state index contributed by atoms with van der Waals surface area (Å²) in [5.41, 5.74) is 1.84. The van der Waals surface area contributed by atoms with Gasteiger partial charge in [-0.2, -0.15) is 0 Å². The summed E-state index contributed by atoms with van der Waals surface area (Å²) < 4.78 is 19.5. The van der Waals surface area contributed by atoms with Crippen LogP contribution in [0, 0.1) is 5.82 Å². The van der Waals surface area contributed by atoms with E-state index in [-0.39, 0.29) is 12.4 Å². The van der Waals surface area contributed by atoms with Crippen molar-refractivity contribution in [2.45, 2.75) is 20.1 Å². The van der Waals surface area contributed by atoms with Crippen LogP contribution in [0.1, 0.15) is 18.1 Å². The number of ether oxygens (including phenoxy) is 1. The standard InChI is InChI=1S/C16H16BrClFNO/c1-2-20-9-11-6-7-15(13(18)8-11)21-10-12-4-3-5-14(19)16(12)17/h3-8,20H,2,9-10H2,1H3. The first-order chi connectivity index (χ1) is 10.1. The summed E-state index contributed by atoms with van der Waals surface area (Å²) in [5, 5.41) is 3.79. The Morgan fingerprint density at radius 1 is 1.29 bits per heavy atom. The molecule has 0 aliphatic heterocycles. The van der Waals surface area contributed by atoms with E-state index in [0.717, 1.165) is 24.2 Å². The maximum atomic E-state index is 13.4. The van der Waals surface area contributed by atoms with Crippen LogP contribution in [0.25, 0.3) is 0 Å². The number of hydrogen-bond donors (Lipinski definition) is 1. The molecule has 5 heteroatoms. The van der Waals surface area contributed by atoms with E-state index >= 15 is 0 Å². The summed E-state index contributed by atoms with van der Waals surface area (Å²) >= 11 is 9.42. The second-order valence-corrected chi connectivity index (χ2v) is 5.75. The molecule has 0 unspecified atom stereocenters. The topological polar surface area (TPSA) is 21.3 Å². The third kappa shape index (κ3) is 4.43. The van der Waals surface area contributed by atoms with E-state index in [9.17, 15) is 4.39 Å². The molecule has 112 valence electrons. The van der Waals surface area contributed by atoms with Crippen molar-refractivity contribution >= 4 is 27.5 Å². The first kappa shape index (κ1) is 16.3. The summed E-state index contributed by atoms with van der Waals surface area (Å²) in [6.45, 7) is 3.98. The molecule has 0 aliphatic rings. The van der Waals surface area contributed by atoms with Gasteiger partial charge in [0.25, 0.3) is 0 Å². The van der Waals surface area contributed by atoms with Crippen molar-refractivity contribution in [3.8, 4) is 5.75 Å². The molecule has 2 aromatic carbocycles. The van der Waals surface area contributed by atoms with Crippen LogP contribution in [0.5, 0.6) is 5.75 Å². The average molecular weight is 373 g/mol. The van der Waals surface area contributed by atoms with Gasteiger partial charge < -0.3 is 10.1 Å². The average Bonchev–Trinajstić information content (AvgIpc) is 2.48. The van der Waals surface area contributed by atoms with Crippen LogP contribution in [-0.4, -0.2) is 6.54 Å². The van der Waals surface area contributed by atoms with Gasteiger partial charge in [-0.05, 0) is 46.2 Å². The summed E-state index contributed by atoms with van der Waals surface area (Å²) in [5.74, 6) is 0.288. The minimum atomic E-state index is -0.303. The monoisotopic (exact) mass is 371 g/mol. The van der Waals surface area contributed by atoms with Crippen LogP contribution >= 0.6 is 27.5 Å². The number of hydrogen-bond acceptors (Lipinski definition) is 2. The lowest BCUT2D eigenvalue weighted by Crippen LogP contribution is -2.11. The Hall–Kier alpha value is -1.10. The minimum Gasteiger partial charge on any atom is -0.487 e. The predicted octanol–water partition coefficient (Wildman–Crippen LogP) is 4.93. The van der Waals surface area contributed by atoms with Gasteiger partial charge in [0.15, 0.2) is 0 Å². The molecule has 0 aromatic heterocycles. The van der Waals surface area contributed by atoms with E-state index in [0.29, 0.717) is 15.2 Å². The molecule has 0 fully saturated rings. The molecular formula is C16H16BrClFNO. The summed E-state index contributed by atoms with van der Waals surface area (Å²) in [6, 6.07) is 10.5. The van der Waals surface area contributed by atoms with E-state index in [4.69, 9.17) is 16.3 Å². The Morgan fingerprint density at radius 2 is 2.10 bits per heavy atom. The molecule has 1 N–H and O–H groups in total. The van der Waals surface area contributed by atoms with Crippen LogP contribution in [0.4, 0.5) is 4.39 Å². The van der Waals surface area contributed by atoms with Gasteiger partial charge in [-0.3, -0.25) is 0 Å². The molecule has 0 atom stereocenters. The normalized spacial score (nSPS) is 10.7.